The van der Waals surface area contributed by atoms with Crippen LogP contribution in [0.1, 0.15) is 25.7 Å². The summed E-state index contributed by atoms with van der Waals surface area (Å²) >= 11 is 0. The lowest BCUT2D eigenvalue weighted by molar-refractivity contribution is 0.0662. The molecule has 3 aliphatic heterocycles. The zero-order valence-electron chi connectivity index (χ0n) is 9.73. The first kappa shape index (κ1) is 9.28. The summed E-state index contributed by atoms with van der Waals surface area (Å²) in [5, 5.41) is 0. The second kappa shape index (κ2) is 2.92. The van der Waals surface area contributed by atoms with Crippen molar-refractivity contribution in [3.8, 4) is 0 Å². The Hall–Kier alpha value is -0.770. The molecule has 1 aliphatic carbocycles. The van der Waals surface area contributed by atoms with E-state index in [1.54, 1.807) is 0 Å². The van der Waals surface area contributed by atoms with E-state index in [9.17, 15) is 0 Å². The molecule has 4 aliphatic rings. The zero-order valence-corrected chi connectivity index (χ0v) is 9.73. The monoisotopic (exact) mass is 220 g/mol. The van der Waals surface area contributed by atoms with Crippen LogP contribution in [-0.4, -0.2) is 53.5 Å². The Morgan fingerprint density at radius 1 is 1.25 bits per heavy atom. The summed E-state index contributed by atoms with van der Waals surface area (Å²) in [6, 6.07) is 0.721. The van der Waals surface area contributed by atoms with Gasteiger partial charge in [-0.2, -0.15) is 0 Å². The molecule has 1 spiro atoms. The lowest BCUT2D eigenvalue weighted by Crippen LogP contribution is -2.60. The van der Waals surface area contributed by atoms with Crippen molar-refractivity contribution in [2.24, 2.45) is 16.6 Å². The minimum atomic E-state index is 0.318. The molecule has 0 aromatic heterocycles. The SMILES string of the molecule is NC1=NCC2(CCN3CCC2C3)N1C1CC1. The predicted molar refractivity (Wildman–Crippen MR) is 63.2 cm³/mol. The summed E-state index contributed by atoms with van der Waals surface area (Å²) < 4.78 is 0. The second-order valence-electron chi connectivity index (χ2n) is 5.92. The normalized spacial score (nSPS) is 46.5. The third-order valence-electron chi connectivity index (χ3n) is 5.05. The van der Waals surface area contributed by atoms with Crippen LogP contribution in [-0.2, 0) is 0 Å². The van der Waals surface area contributed by atoms with Crippen molar-refractivity contribution in [2.75, 3.05) is 26.2 Å². The van der Waals surface area contributed by atoms with Crippen molar-refractivity contribution >= 4 is 5.96 Å². The van der Waals surface area contributed by atoms with Crippen molar-refractivity contribution in [1.82, 2.24) is 9.80 Å². The number of rotatable bonds is 1. The Balaban J connectivity index is 1.69. The molecular weight excluding hydrogens is 200 g/mol. The van der Waals surface area contributed by atoms with Gasteiger partial charge in [-0.05, 0) is 38.1 Å². The average molecular weight is 220 g/mol. The molecule has 4 nitrogen and oxygen atoms in total. The van der Waals surface area contributed by atoms with Crippen molar-refractivity contribution in [2.45, 2.75) is 37.3 Å². The number of hydrogen-bond donors (Lipinski definition) is 1. The Morgan fingerprint density at radius 2 is 2.12 bits per heavy atom. The van der Waals surface area contributed by atoms with Crippen molar-refractivity contribution in [3.63, 3.8) is 0 Å². The fraction of sp³-hybridized carbons (Fsp3) is 0.917. The number of aliphatic imine (C=N–C) groups is 1. The largest absolute Gasteiger partial charge is 0.370 e. The van der Waals surface area contributed by atoms with Crippen LogP contribution < -0.4 is 5.73 Å². The van der Waals surface area contributed by atoms with Crippen LogP contribution in [0.3, 0.4) is 0 Å². The third-order valence-corrected chi connectivity index (χ3v) is 5.05. The Labute approximate surface area is 96.5 Å². The predicted octanol–water partition coefficient (Wildman–Crippen LogP) is 0.243. The number of piperidine rings is 1. The molecule has 16 heavy (non-hydrogen) atoms. The Kier molecular flexibility index (Phi) is 1.69. The molecule has 3 heterocycles. The Morgan fingerprint density at radius 3 is 2.94 bits per heavy atom. The fourth-order valence-corrected chi connectivity index (χ4v) is 4.04. The van der Waals surface area contributed by atoms with Gasteiger partial charge in [0.15, 0.2) is 5.96 Å². The van der Waals surface area contributed by atoms with Crippen LogP contribution in [0.2, 0.25) is 0 Å². The minimum absolute atomic E-state index is 0.318. The molecule has 1 saturated carbocycles. The summed E-state index contributed by atoms with van der Waals surface area (Å²) in [5.41, 5.74) is 6.44. The molecule has 0 radical (unpaired) electrons. The molecule has 4 heteroatoms. The molecule has 0 amide bonds. The molecule has 2 saturated heterocycles. The first-order chi connectivity index (χ1) is 7.79. The van der Waals surface area contributed by atoms with Gasteiger partial charge in [0.05, 0.1) is 12.1 Å². The number of nitrogens with two attached hydrogens (primary N) is 1. The second-order valence-corrected chi connectivity index (χ2v) is 5.92. The van der Waals surface area contributed by atoms with Gasteiger partial charge in [0.25, 0.3) is 0 Å². The summed E-state index contributed by atoms with van der Waals surface area (Å²) in [6.07, 6.45) is 5.28. The van der Waals surface area contributed by atoms with E-state index in [0.717, 1.165) is 24.5 Å². The van der Waals surface area contributed by atoms with E-state index in [1.807, 2.05) is 0 Å². The van der Waals surface area contributed by atoms with Gasteiger partial charge in [0.2, 0.25) is 0 Å². The minimum Gasteiger partial charge on any atom is -0.370 e. The van der Waals surface area contributed by atoms with Gasteiger partial charge in [0, 0.05) is 19.1 Å². The van der Waals surface area contributed by atoms with Crippen molar-refractivity contribution in [3.05, 3.63) is 0 Å². The first-order valence-electron chi connectivity index (χ1n) is 6.61. The highest BCUT2D eigenvalue weighted by Gasteiger charge is 2.56. The van der Waals surface area contributed by atoms with Gasteiger partial charge in [0.1, 0.15) is 0 Å². The quantitative estimate of drug-likeness (QED) is 0.688. The van der Waals surface area contributed by atoms with Gasteiger partial charge in [-0.15, -0.1) is 0 Å². The van der Waals surface area contributed by atoms with E-state index in [0.29, 0.717) is 5.54 Å². The van der Waals surface area contributed by atoms with Gasteiger partial charge < -0.3 is 15.5 Å². The fourth-order valence-electron chi connectivity index (χ4n) is 4.04. The average Bonchev–Trinajstić information content (AvgIpc) is 2.94. The van der Waals surface area contributed by atoms with Crippen LogP contribution in [0.25, 0.3) is 0 Å². The van der Waals surface area contributed by atoms with Gasteiger partial charge >= 0.3 is 0 Å². The number of fused-ring (bicyclic) bond motifs is 3. The molecule has 2 bridgehead atoms. The topological polar surface area (TPSA) is 44.9 Å². The summed E-state index contributed by atoms with van der Waals surface area (Å²) in [5.74, 6) is 1.65. The van der Waals surface area contributed by atoms with Crippen LogP contribution in [0, 0.1) is 5.92 Å². The van der Waals surface area contributed by atoms with Gasteiger partial charge in [-0.3, -0.25) is 4.99 Å². The maximum absolute atomic E-state index is 6.12. The van der Waals surface area contributed by atoms with Crippen LogP contribution in [0.15, 0.2) is 4.99 Å². The van der Waals surface area contributed by atoms with Gasteiger partial charge in [-0.25, -0.2) is 0 Å². The van der Waals surface area contributed by atoms with E-state index >= 15 is 0 Å². The van der Waals surface area contributed by atoms with Gasteiger partial charge in [-0.1, -0.05) is 0 Å². The first-order valence-corrected chi connectivity index (χ1v) is 6.61. The molecule has 88 valence electrons. The molecular formula is C12H20N4. The highest BCUT2D eigenvalue weighted by atomic mass is 15.4. The highest BCUT2D eigenvalue weighted by molar-refractivity contribution is 5.82. The lowest BCUT2D eigenvalue weighted by Gasteiger charge is -2.47. The van der Waals surface area contributed by atoms with Crippen LogP contribution >= 0.6 is 0 Å². The molecule has 0 aromatic rings. The van der Waals surface area contributed by atoms with Crippen molar-refractivity contribution in [1.29, 1.82) is 0 Å². The van der Waals surface area contributed by atoms with Crippen LogP contribution in [0.5, 0.6) is 0 Å². The zero-order chi connectivity index (χ0) is 10.8. The molecule has 3 fully saturated rings. The maximum atomic E-state index is 6.12. The third kappa shape index (κ3) is 1.06. The highest BCUT2D eigenvalue weighted by Crippen LogP contribution is 2.46. The molecule has 2 N–H and O–H groups in total. The smallest absolute Gasteiger partial charge is 0.192 e. The molecule has 0 aromatic carbocycles. The number of guanidine groups is 1. The van der Waals surface area contributed by atoms with Crippen molar-refractivity contribution < 1.29 is 0 Å². The summed E-state index contributed by atoms with van der Waals surface area (Å²) in [6.45, 7) is 4.80. The molecule has 3 atom stereocenters. The summed E-state index contributed by atoms with van der Waals surface area (Å²) in [4.78, 5) is 9.70. The van der Waals surface area contributed by atoms with E-state index in [4.69, 9.17) is 5.73 Å². The maximum Gasteiger partial charge on any atom is 0.192 e. The van der Waals surface area contributed by atoms with E-state index in [1.165, 1.54) is 45.3 Å². The molecule has 3 unspecified atom stereocenters. The number of hydrogen-bond acceptors (Lipinski definition) is 4. The van der Waals surface area contributed by atoms with E-state index in [2.05, 4.69) is 14.8 Å². The van der Waals surface area contributed by atoms with E-state index in [-0.39, 0.29) is 0 Å². The Bertz CT molecular complexity index is 349. The summed E-state index contributed by atoms with van der Waals surface area (Å²) in [7, 11) is 0. The molecule has 4 rings (SSSR count). The standard InChI is InChI=1S/C12H20N4/c13-11-14-8-12(16(11)10-1-2-10)4-6-15-5-3-9(12)7-15/h9-10H,1-8H2,(H2,13,14). The lowest BCUT2D eigenvalue weighted by atomic mass is 9.78. The number of nitrogens with zero attached hydrogens (tertiary/aromatic N) is 3. The van der Waals surface area contributed by atoms with E-state index < -0.39 is 0 Å². The van der Waals surface area contributed by atoms with Crippen LogP contribution in [0.4, 0.5) is 0 Å².